The minimum Gasteiger partial charge on any atom is -0.472 e. The van der Waals surface area contributed by atoms with Crippen LogP contribution >= 0.6 is 0 Å². The standard InChI is InChI=1S/C12H14FN2O/c1-2-15(7-10-8-16-9-14-10)12-6-4-3-5-11(12)13/h3-6,10H,2,7-8H2,1H3. The zero-order chi connectivity index (χ0) is 11.4. The summed E-state index contributed by atoms with van der Waals surface area (Å²) < 4.78 is 18.5. The van der Waals surface area contributed by atoms with Crippen molar-refractivity contribution in [3.8, 4) is 0 Å². The number of para-hydroxylation sites is 1. The van der Waals surface area contributed by atoms with E-state index in [9.17, 15) is 4.39 Å². The summed E-state index contributed by atoms with van der Waals surface area (Å²) in [5, 5.41) is 0. The van der Waals surface area contributed by atoms with Gasteiger partial charge in [0.2, 0.25) is 0 Å². The molecule has 16 heavy (non-hydrogen) atoms. The maximum absolute atomic E-state index is 13.6. The van der Waals surface area contributed by atoms with E-state index in [0.29, 0.717) is 18.8 Å². The van der Waals surface area contributed by atoms with Crippen LogP contribution in [0.5, 0.6) is 0 Å². The summed E-state index contributed by atoms with van der Waals surface area (Å²) >= 11 is 0. The predicted molar refractivity (Wildman–Crippen MR) is 61.5 cm³/mol. The van der Waals surface area contributed by atoms with Gasteiger partial charge in [-0.05, 0) is 19.1 Å². The van der Waals surface area contributed by atoms with Crippen LogP contribution < -0.4 is 4.90 Å². The molecule has 1 unspecified atom stereocenters. The Morgan fingerprint density at radius 2 is 2.38 bits per heavy atom. The number of ether oxygens (including phenoxy) is 1. The van der Waals surface area contributed by atoms with Crippen LogP contribution in [0.25, 0.3) is 0 Å². The number of nitrogens with zero attached hydrogens (tertiary/aromatic N) is 2. The number of anilines is 1. The molecule has 0 spiro atoms. The molecule has 1 radical (unpaired) electrons. The minimum atomic E-state index is -0.198. The molecule has 1 atom stereocenters. The highest BCUT2D eigenvalue weighted by molar-refractivity contribution is 5.51. The van der Waals surface area contributed by atoms with Gasteiger partial charge in [0.05, 0.1) is 5.69 Å². The first-order valence-electron chi connectivity index (χ1n) is 5.37. The van der Waals surface area contributed by atoms with Crippen LogP contribution in [0.4, 0.5) is 10.1 Å². The molecule has 0 fully saturated rings. The molecule has 0 amide bonds. The fraction of sp³-hybridized carbons (Fsp3) is 0.417. The third-order valence-corrected chi connectivity index (χ3v) is 2.58. The summed E-state index contributed by atoms with van der Waals surface area (Å²) in [6, 6.07) is 6.83. The predicted octanol–water partition coefficient (Wildman–Crippen LogP) is 1.96. The lowest BCUT2D eigenvalue weighted by Gasteiger charge is -2.25. The van der Waals surface area contributed by atoms with E-state index in [1.54, 1.807) is 12.1 Å². The summed E-state index contributed by atoms with van der Waals surface area (Å²) in [4.78, 5) is 6.00. The molecule has 0 N–H and O–H groups in total. The molecule has 2 rings (SSSR count). The van der Waals surface area contributed by atoms with Crippen molar-refractivity contribution >= 4 is 12.1 Å². The molecular formula is C12H14FN2O. The summed E-state index contributed by atoms with van der Waals surface area (Å²) in [5.41, 5.74) is 0.618. The molecule has 0 bridgehead atoms. The second-order valence-corrected chi connectivity index (χ2v) is 3.68. The van der Waals surface area contributed by atoms with Gasteiger partial charge in [0.1, 0.15) is 18.5 Å². The van der Waals surface area contributed by atoms with Gasteiger partial charge in [0.25, 0.3) is 6.40 Å². The summed E-state index contributed by atoms with van der Waals surface area (Å²) in [6.45, 7) is 3.93. The fourth-order valence-corrected chi connectivity index (χ4v) is 1.74. The molecule has 1 aliphatic rings. The number of aliphatic imine (C=N–C) groups is 1. The maximum Gasteiger partial charge on any atom is 0.273 e. The van der Waals surface area contributed by atoms with Gasteiger partial charge in [0.15, 0.2) is 0 Å². The average molecular weight is 221 g/mol. The third-order valence-electron chi connectivity index (χ3n) is 2.58. The summed E-state index contributed by atoms with van der Waals surface area (Å²) in [6.07, 6.45) is 2.47. The van der Waals surface area contributed by atoms with Crippen LogP contribution in [-0.4, -0.2) is 32.1 Å². The molecule has 85 valence electrons. The normalized spacial score (nSPS) is 18.5. The molecule has 1 heterocycles. The van der Waals surface area contributed by atoms with E-state index < -0.39 is 0 Å². The molecule has 1 aromatic rings. The summed E-state index contributed by atoms with van der Waals surface area (Å²) in [5.74, 6) is -0.198. The Labute approximate surface area is 94.5 Å². The Morgan fingerprint density at radius 1 is 1.56 bits per heavy atom. The highest BCUT2D eigenvalue weighted by Crippen LogP contribution is 2.19. The molecular weight excluding hydrogens is 207 g/mol. The Bertz CT molecular complexity index is 381. The average Bonchev–Trinajstić information content (AvgIpc) is 2.80. The Kier molecular flexibility index (Phi) is 3.39. The molecule has 0 saturated carbocycles. The zero-order valence-electron chi connectivity index (χ0n) is 9.19. The molecule has 1 aromatic carbocycles. The largest absolute Gasteiger partial charge is 0.472 e. The Hall–Kier alpha value is -1.58. The monoisotopic (exact) mass is 221 g/mol. The maximum atomic E-state index is 13.6. The van der Waals surface area contributed by atoms with Crippen molar-refractivity contribution in [3.63, 3.8) is 0 Å². The number of hydrogen-bond acceptors (Lipinski definition) is 3. The van der Waals surface area contributed by atoms with Gasteiger partial charge in [-0.1, -0.05) is 12.1 Å². The van der Waals surface area contributed by atoms with E-state index in [1.165, 1.54) is 6.07 Å². The first-order chi connectivity index (χ1) is 7.81. The van der Waals surface area contributed by atoms with E-state index in [0.717, 1.165) is 6.54 Å². The van der Waals surface area contributed by atoms with Gasteiger partial charge in [0, 0.05) is 13.1 Å². The second-order valence-electron chi connectivity index (χ2n) is 3.68. The van der Waals surface area contributed by atoms with Gasteiger partial charge in [-0.15, -0.1) is 0 Å². The third kappa shape index (κ3) is 2.32. The van der Waals surface area contributed by atoms with Crippen molar-refractivity contribution < 1.29 is 9.13 Å². The SMILES string of the molecule is CCN(CC1CO[C]=N1)c1ccccc1F. The van der Waals surface area contributed by atoms with E-state index in [4.69, 9.17) is 4.74 Å². The van der Waals surface area contributed by atoms with Crippen molar-refractivity contribution in [3.05, 3.63) is 30.1 Å². The highest BCUT2D eigenvalue weighted by Gasteiger charge is 2.18. The van der Waals surface area contributed by atoms with Gasteiger partial charge in [-0.2, -0.15) is 0 Å². The van der Waals surface area contributed by atoms with Gasteiger partial charge in [-0.25, -0.2) is 9.38 Å². The number of hydrogen-bond donors (Lipinski definition) is 0. The molecule has 0 aliphatic carbocycles. The first kappa shape index (κ1) is 10.9. The number of benzene rings is 1. The molecule has 1 aliphatic heterocycles. The van der Waals surface area contributed by atoms with Crippen molar-refractivity contribution in [2.45, 2.75) is 13.0 Å². The quantitative estimate of drug-likeness (QED) is 0.776. The highest BCUT2D eigenvalue weighted by atomic mass is 19.1. The van der Waals surface area contributed by atoms with Crippen LogP contribution in [-0.2, 0) is 4.74 Å². The van der Waals surface area contributed by atoms with Gasteiger partial charge in [-0.3, -0.25) is 0 Å². The molecule has 4 heteroatoms. The van der Waals surface area contributed by atoms with Crippen molar-refractivity contribution in [1.29, 1.82) is 0 Å². The van der Waals surface area contributed by atoms with Crippen molar-refractivity contribution in [2.24, 2.45) is 4.99 Å². The second kappa shape index (κ2) is 4.96. The van der Waals surface area contributed by atoms with Crippen molar-refractivity contribution in [1.82, 2.24) is 0 Å². The van der Waals surface area contributed by atoms with Crippen LogP contribution in [0.1, 0.15) is 6.92 Å². The molecule has 0 aromatic heterocycles. The van der Waals surface area contributed by atoms with E-state index >= 15 is 0 Å². The smallest absolute Gasteiger partial charge is 0.273 e. The zero-order valence-corrected chi connectivity index (χ0v) is 9.19. The van der Waals surface area contributed by atoms with E-state index in [-0.39, 0.29) is 11.9 Å². The Morgan fingerprint density at radius 3 is 3.00 bits per heavy atom. The van der Waals surface area contributed by atoms with Gasteiger partial charge < -0.3 is 9.64 Å². The molecule has 3 nitrogen and oxygen atoms in total. The topological polar surface area (TPSA) is 24.8 Å². The van der Waals surface area contributed by atoms with Crippen LogP contribution in [0.2, 0.25) is 0 Å². The lowest BCUT2D eigenvalue weighted by atomic mass is 10.2. The fourth-order valence-electron chi connectivity index (χ4n) is 1.74. The summed E-state index contributed by atoms with van der Waals surface area (Å²) in [7, 11) is 0. The lowest BCUT2D eigenvalue weighted by molar-refractivity contribution is 0.328. The van der Waals surface area contributed by atoms with Crippen LogP contribution in [0.15, 0.2) is 29.3 Å². The number of likely N-dealkylation sites (N-methyl/N-ethyl adjacent to an activating group) is 1. The molecule has 0 saturated heterocycles. The van der Waals surface area contributed by atoms with E-state index in [2.05, 4.69) is 11.4 Å². The van der Waals surface area contributed by atoms with E-state index in [1.807, 2.05) is 17.9 Å². The van der Waals surface area contributed by atoms with Crippen LogP contribution in [0, 0.1) is 5.82 Å². The first-order valence-corrected chi connectivity index (χ1v) is 5.37. The lowest BCUT2D eigenvalue weighted by Crippen LogP contribution is -2.32. The Balaban J connectivity index is 2.10. The number of rotatable bonds is 4. The van der Waals surface area contributed by atoms with Crippen LogP contribution in [0.3, 0.4) is 0 Å². The van der Waals surface area contributed by atoms with Crippen molar-refractivity contribution in [2.75, 3.05) is 24.6 Å². The number of halogens is 1. The minimum absolute atomic E-state index is 0.0551. The van der Waals surface area contributed by atoms with Gasteiger partial charge >= 0.3 is 0 Å².